The van der Waals surface area contributed by atoms with Crippen molar-refractivity contribution in [1.82, 2.24) is 19.5 Å². The first-order valence-electron chi connectivity index (χ1n) is 7.56. The number of hydrogen-bond donors (Lipinski definition) is 2. The fourth-order valence-electron chi connectivity index (χ4n) is 2.55. The van der Waals surface area contributed by atoms with Crippen molar-refractivity contribution in [1.29, 1.82) is 0 Å². The van der Waals surface area contributed by atoms with Crippen LogP contribution in [0.4, 0.5) is 0 Å². The van der Waals surface area contributed by atoms with Crippen molar-refractivity contribution in [3.63, 3.8) is 0 Å². The monoisotopic (exact) mass is 328 g/mol. The highest BCUT2D eigenvalue weighted by molar-refractivity contribution is 7.89. The summed E-state index contributed by atoms with van der Waals surface area (Å²) < 4.78 is 28.3. The van der Waals surface area contributed by atoms with E-state index in [-0.39, 0.29) is 10.8 Å². The quantitative estimate of drug-likeness (QED) is 0.728. The molecular formula is C14H24N4O3S. The van der Waals surface area contributed by atoms with Crippen molar-refractivity contribution in [2.75, 3.05) is 33.2 Å². The lowest BCUT2D eigenvalue weighted by molar-refractivity contribution is 0.0946. The Morgan fingerprint density at radius 1 is 1.23 bits per heavy atom. The summed E-state index contributed by atoms with van der Waals surface area (Å²) in [5, 5.41) is 5.69. The van der Waals surface area contributed by atoms with Crippen LogP contribution in [0.2, 0.25) is 0 Å². The summed E-state index contributed by atoms with van der Waals surface area (Å²) in [4.78, 5) is 12.3. The van der Waals surface area contributed by atoms with Crippen molar-refractivity contribution in [3.05, 3.63) is 18.0 Å². The number of nitrogens with one attached hydrogen (secondary N) is 2. The van der Waals surface area contributed by atoms with Crippen LogP contribution in [0.15, 0.2) is 17.2 Å². The van der Waals surface area contributed by atoms with E-state index in [2.05, 4.69) is 10.6 Å². The maximum absolute atomic E-state index is 12.6. The maximum Gasteiger partial charge on any atom is 0.267 e. The molecule has 0 spiro atoms. The Morgan fingerprint density at radius 2 is 1.91 bits per heavy atom. The Morgan fingerprint density at radius 3 is 2.55 bits per heavy atom. The largest absolute Gasteiger partial charge is 0.349 e. The van der Waals surface area contributed by atoms with Crippen LogP contribution in [0.5, 0.6) is 0 Å². The fraction of sp³-hybridized carbons (Fsp3) is 0.643. The van der Waals surface area contributed by atoms with E-state index in [1.165, 1.54) is 16.6 Å². The Hall–Kier alpha value is -1.38. The van der Waals surface area contributed by atoms with E-state index in [4.69, 9.17) is 0 Å². The molecule has 0 aromatic carbocycles. The van der Waals surface area contributed by atoms with Gasteiger partial charge in [-0.05, 0) is 26.0 Å². The number of aromatic nitrogens is 1. The first-order chi connectivity index (χ1) is 10.5. The minimum Gasteiger partial charge on any atom is -0.349 e. The van der Waals surface area contributed by atoms with Gasteiger partial charge in [0.05, 0.1) is 0 Å². The van der Waals surface area contributed by atoms with Gasteiger partial charge in [-0.1, -0.05) is 6.42 Å². The summed E-state index contributed by atoms with van der Waals surface area (Å²) in [6.45, 7) is 2.27. The number of sulfonamides is 1. The number of aryl methyl sites for hydroxylation is 1. The third-order valence-corrected chi connectivity index (χ3v) is 5.69. The Balaban J connectivity index is 2.16. The van der Waals surface area contributed by atoms with Crippen molar-refractivity contribution >= 4 is 15.9 Å². The molecule has 0 radical (unpaired) electrons. The van der Waals surface area contributed by atoms with Gasteiger partial charge in [0.25, 0.3) is 5.91 Å². The van der Waals surface area contributed by atoms with Crippen LogP contribution in [0.1, 0.15) is 29.8 Å². The van der Waals surface area contributed by atoms with Gasteiger partial charge in [0.1, 0.15) is 10.6 Å². The molecule has 2 N–H and O–H groups in total. The van der Waals surface area contributed by atoms with E-state index in [1.54, 1.807) is 18.7 Å². The number of carbonyl (C=O) groups is 1. The molecule has 1 aromatic heterocycles. The number of carbonyl (C=O) groups excluding carboxylic acids is 1. The van der Waals surface area contributed by atoms with Crippen LogP contribution in [0.25, 0.3) is 0 Å². The molecule has 2 heterocycles. The molecule has 0 aliphatic carbocycles. The second-order valence-corrected chi connectivity index (χ2v) is 7.43. The van der Waals surface area contributed by atoms with Gasteiger partial charge in [-0.15, -0.1) is 0 Å². The molecule has 1 aliphatic heterocycles. The van der Waals surface area contributed by atoms with Crippen LogP contribution < -0.4 is 10.6 Å². The maximum atomic E-state index is 12.6. The first kappa shape index (κ1) is 17.0. The van der Waals surface area contributed by atoms with Crippen LogP contribution in [-0.2, 0) is 17.1 Å². The van der Waals surface area contributed by atoms with E-state index >= 15 is 0 Å². The van der Waals surface area contributed by atoms with Crippen molar-refractivity contribution < 1.29 is 13.2 Å². The third-order valence-electron chi connectivity index (χ3n) is 3.83. The SMILES string of the molecule is CNCCNC(=O)c1cc(S(=O)(=O)N2CCCCC2)cn1C. The van der Waals surface area contributed by atoms with Gasteiger partial charge < -0.3 is 15.2 Å². The van der Waals surface area contributed by atoms with Gasteiger partial charge in [-0.25, -0.2) is 8.42 Å². The Kier molecular flexibility index (Phi) is 5.60. The molecule has 0 bridgehead atoms. The summed E-state index contributed by atoms with van der Waals surface area (Å²) >= 11 is 0. The van der Waals surface area contributed by atoms with Gasteiger partial charge >= 0.3 is 0 Å². The lowest BCUT2D eigenvalue weighted by Gasteiger charge is -2.25. The third kappa shape index (κ3) is 3.68. The van der Waals surface area contributed by atoms with Crippen LogP contribution >= 0.6 is 0 Å². The van der Waals surface area contributed by atoms with E-state index < -0.39 is 10.0 Å². The molecule has 22 heavy (non-hydrogen) atoms. The highest BCUT2D eigenvalue weighted by atomic mass is 32.2. The average Bonchev–Trinajstić information content (AvgIpc) is 2.91. The lowest BCUT2D eigenvalue weighted by Crippen LogP contribution is -2.35. The highest BCUT2D eigenvalue weighted by Crippen LogP contribution is 2.22. The van der Waals surface area contributed by atoms with E-state index in [9.17, 15) is 13.2 Å². The summed E-state index contributed by atoms with van der Waals surface area (Å²) in [5.41, 5.74) is 0.353. The minimum atomic E-state index is -3.50. The molecule has 1 aliphatic rings. The van der Waals surface area contributed by atoms with Gasteiger partial charge in [-0.3, -0.25) is 4.79 Å². The van der Waals surface area contributed by atoms with Gasteiger partial charge in [0.2, 0.25) is 10.0 Å². The number of likely N-dealkylation sites (N-methyl/N-ethyl adjacent to an activating group) is 1. The molecular weight excluding hydrogens is 304 g/mol. The minimum absolute atomic E-state index is 0.190. The molecule has 1 aromatic rings. The highest BCUT2D eigenvalue weighted by Gasteiger charge is 2.28. The molecule has 7 nitrogen and oxygen atoms in total. The van der Waals surface area contributed by atoms with E-state index in [0.29, 0.717) is 31.9 Å². The van der Waals surface area contributed by atoms with E-state index in [0.717, 1.165) is 19.3 Å². The Labute approximate surface area is 131 Å². The number of hydrogen-bond acceptors (Lipinski definition) is 4. The molecule has 8 heteroatoms. The smallest absolute Gasteiger partial charge is 0.267 e. The summed E-state index contributed by atoms with van der Waals surface area (Å²) in [6.07, 6.45) is 4.36. The van der Waals surface area contributed by atoms with Crippen molar-refractivity contribution in [2.45, 2.75) is 24.2 Å². The summed E-state index contributed by atoms with van der Waals surface area (Å²) in [5.74, 6) is -0.266. The lowest BCUT2D eigenvalue weighted by atomic mass is 10.2. The van der Waals surface area contributed by atoms with E-state index in [1.807, 2.05) is 0 Å². The molecule has 0 saturated carbocycles. The molecule has 1 saturated heterocycles. The topological polar surface area (TPSA) is 83.4 Å². The molecule has 1 amide bonds. The molecule has 1 fully saturated rings. The molecule has 124 valence electrons. The number of piperidine rings is 1. The zero-order valence-corrected chi connectivity index (χ0v) is 13.9. The second kappa shape index (κ2) is 7.26. The van der Waals surface area contributed by atoms with Crippen LogP contribution in [0, 0.1) is 0 Å². The molecule has 0 unspecified atom stereocenters. The van der Waals surface area contributed by atoms with Crippen molar-refractivity contribution in [2.24, 2.45) is 7.05 Å². The standard InChI is InChI=1S/C14H24N4O3S/c1-15-6-7-16-14(19)13-10-12(11-17(13)2)22(20,21)18-8-4-3-5-9-18/h10-11,15H,3-9H2,1-2H3,(H,16,19). The van der Waals surface area contributed by atoms with Gasteiger partial charge in [-0.2, -0.15) is 4.31 Å². The van der Waals surface area contributed by atoms with Gasteiger partial charge in [0.15, 0.2) is 0 Å². The number of rotatable bonds is 6. The zero-order valence-electron chi connectivity index (χ0n) is 13.1. The number of nitrogens with zero attached hydrogens (tertiary/aromatic N) is 2. The predicted molar refractivity (Wildman–Crippen MR) is 84.3 cm³/mol. The fourth-order valence-corrected chi connectivity index (χ4v) is 4.14. The summed E-state index contributed by atoms with van der Waals surface area (Å²) in [6, 6.07) is 1.46. The predicted octanol–water partition coefficient (Wildman–Crippen LogP) is 0.149. The van der Waals surface area contributed by atoms with Gasteiger partial charge in [0, 0.05) is 39.4 Å². The second-order valence-electron chi connectivity index (χ2n) is 5.50. The van der Waals surface area contributed by atoms with Crippen molar-refractivity contribution in [3.8, 4) is 0 Å². The van der Waals surface area contributed by atoms with Crippen LogP contribution in [0.3, 0.4) is 0 Å². The molecule has 2 rings (SSSR count). The normalized spacial score (nSPS) is 16.6. The molecule has 0 atom stereocenters. The first-order valence-corrected chi connectivity index (χ1v) is 9.00. The number of amides is 1. The average molecular weight is 328 g/mol. The van der Waals surface area contributed by atoms with Crippen LogP contribution in [-0.4, -0.2) is 56.4 Å². The Bertz CT molecular complexity index is 618. The zero-order chi connectivity index (χ0) is 16.2. The summed E-state index contributed by atoms with van der Waals surface area (Å²) in [7, 11) is -0.0159.